The molecule has 1 aromatic heterocycles. The second-order valence-electron chi connectivity index (χ2n) is 7.98. The molecule has 170 valence electrons. The van der Waals surface area contributed by atoms with Crippen LogP contribution in [0.4, 0.5) is 0 Å². The molecule has 0 fully saturated rings. The minimum atomic E-state index is -1.06. The Hall–Kier alpha value is -3.94. The number of carbonyl (C=O) groups excluding carboxylic acids is 1. The van der Waals surface area contributed by atoms with Gasteiger partial charge in [0.15, 0.2) is 0 Å². The number of hydrogen-bond acceptors (Lipinski definition) is 5. The summed E-state index contributed by atoms with van der Waals surface area (Å²) in [6.07, 6.45) is -0.151. The largest absolute Gasteiger partial charge is 0.492 e. The number of aryl methyl sites for hydroxylation is 1. The number of hydrazone groups is 1. The Morgan fingerprint density at radius 1 is 1.18 bits per heavy atom. The third-order valence-electron chi connectivity index (χ3n) is 5.60. The average Bonchev–Trinajstić information content (AvgIpc) is 3.23. The van der Waals surface area contributed by atoms with Gasteiger partial charge < -0.3 is 14.8 Å². The lowest BCUT2D eigenvalue weighted by Crippen LogP contribution is -2.31. The lowest BCUT2D eigenvalue weighted by Gasteiger charge is -2.21. The fraction of sp³-hybridized carbons (Fsp3) is 0.280. The van der Waals surface area contributed by atoms with Gasteiger partial charge in [-0.05, 0) is 31.5 Å². The zero-order valence-electron chi connectivity index (χ0n) is 18.5. The molecule has 0 saturated heterocycles. The van der Waals surface area contributed by atoms with Crippen LogP contribution in [-0.2, 0) is 9.59 Å². The van der Waals surface area contributed by atoms with E-state index < -0.39 is 17.9 Å². The number of nitrogens with one attached hydrogen (secondary N) is 1. The minimum absolute atomic E-state index is 0.198. The number of benzene rings is 2. The molecule has 0 radical (unpaired) electrons. The number of carbonyl (C=O) groups is 2. The molecule has 1 amide bonds. The molecule has 1 atom stereocenters. The van der Waals surface area contributed by atoms with E-state index in [1.54, 1.807) is 12.1 Å². The number of aromatic amines is 1. The van der Waals surface area contributed by atoms with Gasteiger partial charge in [0.1, 0.15) is 5.75 Å². The molecule has 1 aliphatic heterocycles. The van der Waals surface area contributed by atoms with Crippen molar-refractivity contribution in [3.63, 3.8) is 0 Å². The van der Waals surface area contributed by atoms with Crippen LogP contribution in [0.5, 0.6) is 5.75 Å². The summed E-state index contributed by atoms with van der Waals surface area (Å²) in [7, 11) is 0. The van der Waals surface area contributed by atoms with E-state index in [4.69, 9.17) is 9.84 Å². The Morgan fingerprint density at radius 2 is 1.97 bits per heavy atom. The van der Waals surface area contributed by atoms with Crippen molar-refractivity contribution in [3.05, 3.63) is 75.6 Å². The molecule has 33 heavy (non-hydrogen) atoms. The Bertz CT molecular complexity index is 1310. The van der Waals surface area contributed by atoms with Gasteiger partial charge in [0.2, 0.25) is 5.91 Å². The number of hydrogen-bond donors (Lipinski definition) is 2. The first-order valence-electron chi connectivity index (χ1n) is 10.8. The summed E-state index contributed by atoms with van der Waals surface area (Å²) in [6.45, 7) is 4.30. The monoisotopic (exact) mass is 447 g/mol. The summed E-state index contributed by atoms with van der Waals surface area (Å²) in [5, 5.41) is 15.6. The fourth-order valence-corrected chi connectivity index (χ4v) is 4.05. The number of rotatable bonds is 7. The summed E-state index contributed by atoms with van der Waals surface area (Å²) in [5.74, 6) is -0.919. The number of para-hydroxylation sites is 1. The summed E-state index contributed by atoms with van der Waals surface area (Å²) < 4.78 is 5.63. The van der Waals surface area contributed by atoms with Crippen molar-refractivity contribution in [2.24, 2.45) is 5.10 Å². The predicted molar refractivity (Wildman–Crippen MR) is 125 cm³/mol. The standard InChI is InChI=1S/C25H25N3O5/c1-3-33-21-9-5-8-17-13-18(25(32)26-24(17)21)20-14-19(16-7-4-6-15(2)12-16)27-28(20)22(29)10-11-23(30)31/h4-9,12-13,20H,3,10-11,14H2,1-2H3,(H,26,32)(H,30,31). The van der Waals surface area contributed by atoms with Gasteiger partial charge in [0.25, 0.3) is 5.56 Å². The molecule has 3 aromatic rings. The van der Waals surface area contributed by atoms with E-state index in [9.17, 15) is 14.4 Å². The van der Waals surface area contributed by atoms with Crippen LogP contribution in [0.2, 0.25) is 0 Å². The first-order chi connectivity index (χ1) is 15.9. The third kappa shape index (κ3) is 4.64. The lowest BCUT2D eigenvalue weighted by molar-refractivity contribution is -0.141. The topological polar surface area (TPSA) is 112 Å². The van der Waals surface area contributed by atoms with E-state index in [1.165, 1.54) is 5.01 Å². The Morgan fingerprint density at radius 3 is 2.70 bits per heavy atom. The van der Waals surface area contributed by atoms with Gasteiger partial charge in [-0.15, -0.1) is 0 Å². The molecule has 4 rings (SSSR count). The second-order valence-corrected chi connectivity index (χ2v) is 7.98. The van der Waals surface area contributed by atoms with Crippen LogP contribution in [0.1, 0.15) is 48.9 Å². The van der Waals surface area contributed by atoms with Gasteiger partial charge in [-0.1, -0.05) is 42.0 Å². The molecule has 8 nitrogen and oxygen atoms in total. The van der Waals surface area contributed by atoms with Crippen molar-refractivity contribution in [1.82, 2.24) is 9.99 Å². The maximum absolute atomic E-state index is 13.1. The number of ether oxygens (including phenoxy) is 1. The first kappa shape index (κ1) is 22.3. The number of fused-ring (bicyclic) bond motifs is 1. The number of carboxylic acids is 1. The zero-order valence-corrected chi connectivity index (χ0v) is 18.5. The van der Waals surface area contributed by atoms with Crippen molar-refractivity contribution in [2.75, 3.05) is 6.61 Å². The average molecular weight is 447 g/mol. The second kappa shape index (κ2) is 9.28. The fourth-order valence-electron chi connectivity index (χ4n) is 4.05. The van der Waals surface area contributed by atoms with Crippen LogP contribution < -0.4 is 10.3 Å². The zero-order chi connectivity index (χ0) is 23.5. The van der Waals surface area contributed by atoms with E-state index in [0.29, 0.717) is 35.6 Å². The molecule has 1 aliphatic rings. The lowest BCUT2D eigenvalue weighted by atomic mass is 9.97. The Kier molecular flexibility index (Phi) is 6.26. The number of carboxylic acid groups (broad SMARTS) is 1. The van der Waals surface area contributed by atoms with Crippen LogP contribution in [0, 0.1) is 6.92 Å². The number of amides is 1. The van der Waals surface area contributed by atoms with E-state index in [-0.39, 0.29) is 18.4 Å². The van der Waals surface area contributed by atoms with E-state index >= 15 is 0 Å². The number of H-pyrrole nitrogens is 1. The highest BCUT2D eigenvalue weighted by atomic mass is 16.5. The molecular formula is C25H25N3O5. The van der Waals surface area contributed by atoms with Crippen molar-refractivity contribution in [2.45, 2.75) is 39.2 Å². The maximum Gasteiger partial charge on any atom is 0.303 e. The highest BCUT2D eigenvalue weighted by Gasteiger charge is 2.35. The van der Waals surface area contributed by atoms with Gasteiger partial charge >= 0.3 is 5.97 Å². The van der Waals surface area contributed by atoms with Gasteiger partial charge in [0, 0.05) is 23.8 Å². The predicted octanol–water partition coefficient (Wildman–Crippen LogP) is 3.78. The molecule has 1 unspecified atom stereocenters. The van der Waals surface area contributed by atoms with Crippen LogP contribution >= 0.6 is 0 Å². The van der Waals surface area contributed by atoms with Crippen molar-refractivity contribution in [3.8, 4) is 5.75 Å². The Labute approximate surface area is 190 Å². The number of aliphatic carboxylic acids is 1. The third-order valence-corrected chi connectivity index (χ3v) is 5.60. The number of pyridine rings is 1. The van der Waals surface area contributed by atoms with E-state index in [2.05, 4.69) is 10.1 Å². The molecule has 0 saturated carbocycles. The molecule has 2 N–H and O–H groups in total. The van der Waals surface area contributed by atoms with Crippen LogP contribution in [0.25, 0.3) is 10.9 Å². The molecule has 0 bridgehead atoms. The highest BCUT2D eigenvalue weighted by Crippen LogP contribution is 2.34. The van der Waals surface area contributed by atoms with Crippen molar-refractivity contribution < 1.29 is 19.4 Å². The summed E-state index contributed by atoms with van der Waals surface area (Å²) >= 11 is 0. The van der Waals surface area contributed by atoms with Crippen LogP contribution in [0.15, 0.2) is 58.4 Å². The smallest absolute Gasteiger partial charge is 0.303 e. The SMILES string of the molecule is CCOc1cccc2cc(C3CC(c4cccc(C)c4)=NN3C(=O)CCC(=O)O)c(=O)[nH]c12. The first-order valence-corrected chi connectivity index (χ1v) is 10.8. The maximum atomic E-state index is 13.1. The summed E-state index contributed by atoms with van der Waals surface area (Å²) in [4.78, 5) is 39.9. The quantitative estimate of drug-likeness (QED) is 0.572. The van der Waals surface area contributed by atoms with Gasteiger partial charge in [-0.25, -0.2) is 5.01 Å². The van der Waals surface area contributed by atoms with Crippen molar-refractivity contribution in [1.29, 1.82) is 0 Å². The summed E-state index contributed by atoms with van der Waals surface area (Å²) in [6, 6.07) is 14.4. The van der Waals surface area contributed by atoms with E-state index in [1.807, 2.05) is 50.2 Å². The van der Waals surface area contributed by atoms with Crippen LogP contribution in [-0.4, -0.2) is 39.3 Å². The highest BCUT2D eigenvalue weighted by molar-refractivity contribution is 6.03. The normalized spacial score (nSPS) is 15.5. The summed E-state index contributed by atoms with van der Waals surface area (Å²) in [5.41, 5.74) is 3.24. The van der Waals surface area contributed by atoms with E-state index in [0.717, 1.165) is 16.5 Å². The molecule has 2 aromatic carbocycles. The minimum Gasteiger partial charge on any atom is -0.492 e. The van der Waals surface area contributed by atoms with Gasteiger partial charge in [-0.3, -0.25) is 14.4 Å². The number of aromatic nitrogens is 1. The van der Waals surface area contributed by atoms with Gasteiger partial charge in [-0.2, -0.15) is 5.10 Å². The Balaban J connectivity index is 1.76. The molecule has 0 aliphatic carbocycles. The van der Waals surface area contributed by atoms with Crippen LogP contribution in [0.3, 0.4) is 0 Å². The van der Waals surface area contributed by atoms with Crippen molar-refractivity contribution >= 4 is 28.5 Å². The molecule has 8 heteroatoms. The van der Waals surface area contributed by atoms with Gasteiger partial charge in [0.05, 0.1) is 30.3 Å². The molecule has 2 heterocycles. The molecular weight excluding hydrogens is 422 g/mol. The number of nitrogens with zero attached hydrogens (tertiary/aromatic N) is 2. The molecule has 0 spiro atoms.